The number of hydrogen-bond acceptors (Lipinski definition) is 1. The van der Waals surface area contributed by atoms with Crippen LogP contribution in [0.4, 0.5) is 0 Å². The van der Waals surface area contributed by atoms with Gasteiger partial charge in [0.2, 0.25) is 5.69 Å². The lowest BCUT2D eigenvalue weighted by atomic mass is 9.78. The summed E-state index contributed by atoms with van der Waals surface area (Å²) in [5.74, 6) is 0.346. The minimum Gasteiger partial charge on any atom is -0.280 e. The van der Waals surface area contributed by atoms with Gasteiger partial charge in [-0.15, -0.1) is 0 Å². The monoisotopic (exact) mass is 453 g/mol. The topological polar surface area (TPSA) is 16.2 Å². The Bertz CT molecular complexity index is 1460. The van der Waals surface area contributed by atoms with Gasteiger partial charge in [-0.3, -0.25) is 4.99 Å². The molecule has 0 spiro atoms. The first-order valence-corrected chi connectivity index (χ1v) is 12.4. The lowest BCUT2D eigenvalue weighted by Crippen LogP contribution is -2.38. The van der Waals surface area contributed by atoms with Gasteiger partial charge >= 0.3 is 0 Å². The molecule has 0 N–H and O–H groups in total. The number of nitrogens with zero attached hydrogens (tertiary/aromatic N) is 2. The highest BCUT2D eigenvalue weighted by Crippen LogP contribution is 2.40. The molecule has 0 amide bonds. The molecule has 2 aliphatic heterocycles. The molecular formula is C33H29N2+. The molecular weight excluding hydrogens is 424 g/mol. The van der Waals surface area contributed by atoms with Crippen molar-refractivity contribution < 1.29 is 4.57 Å². The van der Waals surface area contributed by atoms with Crippen LogP contribution in [0.25, 0.3) is 28.1 Å². The van der Waals surface area contributed by atoms with Gasteiger partial charge in [-0.2, -0.15) is 4.57 Å². The van der Waals surface area contributed by atoms with Gasteiger partial charge in [0, 0.05) is 17.5 Å². The molecule has 1 aromatic heterocycles. The van der Waals surface area contributed by atoms with Gasteiger partial charge in [0.15, 0.2) is 11.9 Å². The molecule has 0 saturated heterocycles. The number of pyridine rings is 1. The third-order valence-corrected chi connectivity index (χ3v) is 7.46. The molecule has 3 aromatic carbocycles. The van der Waals surface area contributed by atoms with Crippen LogP contribution in [0.2, 0.25) is 0 Å². The van der Waals surface area contributed by atoms with Crippen LogP contribution in [-0.2, 0) is 6.42 Å². The maximum absolute atomic E-state index is 5.22. The number of aromatic nitrogens is 1. The maximum atomic E-state index is 5.22. The first kappa shape index (κ1) is 21.5. The van der Waals surface area contributed by atoms with Crippen molar-refractivity contribution in [3.63, 3.8) is 0 Å². The van der Waals surface area contributed by atoms with E-state index in [0.29, 0.717) is 5.92 Å². The summed E-state index contributed by atoms with van der Waals surface area (Å²) in [6.45, 7) is 8.67. The molecule has 170 valence electrons. The van der Waals surface area contributed by atoms with Crippen LogP contribution in [-0.4, -0.2) is 11.8 Å². The number of aryl methyl sites for hydroxylation is 1. The lowest BCUT2D eigenvalue weighted by Gasteiger charge is -2.32. The van der Waals surface area contributed by atoms with Crippen LogP contribution < -0.4 is 4.57 Å². The van der Waals surface area contributed by atoms with Crippen molar-refractivity contribution in [1.29, 1.82) is 0 Å². The van der Waals surface area contributed by atoms with Gasteiger partial charge in [-0.1, -0.05) is 79.4 Å². The summed E-state index contributed by atoms with van der Waals surface area (Å²) in [5, 5.41) is 0. The third kappa shape index (κ3) is 3.76. The average molecular weight is 454 g/mol. The summed E-state index contributed by atoms with van der Waals surface area (Å²) in [4.78, 5) is 5.22. The SMILES string of the molecule is C=CC1=NC2CC(=C)[n+]3cccc(-c4ccccc4)c3-c3ccccc3CCC2c2ccccc21. The number of allylic oxidation sites excluding steroid dienone is 1. The molecule has 0 saturated carbocycles. The molecule has 0 aliphatic carbocycles. The summed E-state index contributed by atoms with van der Waals surface area (Å²) in [5.41, 5.74) is 11.0. The first-order valence-electron chi connectivity index (χ1n) is 12.4. The molecule has 0 radical (unpaired) electrons. The summed E-state index contributed by atoms with van der Waals surface area (Å²) in [6, 6.07) is 32.7. The minimum absolute atomic E-state index is 0.136. The smallest absolute Gasteiger partial charge is 0.226 e. The Kier molecular flexibility index (Phi) is 5.50. The zero-order valence-corrected chi connectivity index (χ0v) is 19.9. The van der Waals surface area contributed by atoms with E-state index in [9.17, 15) is 0 Å². The highest BCUT2D eigenvalue weighted by molar-refractivity contribution is 6.10. The van der Waals surface area contributed by atoms with Gasteiger partial charge in [-0.25, -0.2) is 0 Å². The van der Waals surface area contributed by atoms with Crippen LogP contribution in [0, 0.1) is 0 Å². The average Bonchev–Trinajstić information content (AvgIpc) is 2.92. The summed E-state index contributed by atoms with van der Waals surface area (Å²) >= 11 is 0. The molecule has 2 unspecified atom stereocenters. The fraction of sp³-hybridized carbons (Fsp3) is 0.152. The van der Waals surface area contributed by atoms with E-state index in [-0.39, 0.29) is 6.04 Å². The molecule has 0 fully saturated rings. The molecule has 3 heterocycles. The van der Waals surface area contributed by atoms with Crippen molar-refractivity contribution in [2.24, 2.45) is 4.99 Å². The minimum atomic E-state index is 0.136. The second kappa shape index (κ2) is 8.96. The Morgan fingerprint density at radius 2 is 1.51 bits per heavy atom. The maximum Gasteiger partial charge on any atom is 0.226 e. The van der Waals surface area contributed by atoms with E-state index in [1.807, 2.05) is 6.08 Å². The first-order chi connectivity index (χ1) is 17.2. The molecule has 2 heteroatoms. The third-order valence-electron chi connectivity index (χ3n) is 7.46. The van der Waals surface area contributed by atoms with Crippen LogP contribution in [0.3, 0.4) is 0 Å². The summed E-state index contributed by atoms with van der Waals surface area (Å²) in [7, 11) is 0. The quantitative estimate of drug-likeness (QED) is 0.284. The number of benzene rings is 3. The number of hydrogen-bond donors (Lipinski definition) is 0. The number of fused-ring (bicyclic) bond motifs is 6. The van der Waals surface area contributed by atoms with Crippen molar-refractivity contribution >= 4 is 11.4 Å². The van der Waals surface area contributed by atoms with E-state index in [2.05, 4.69) is 115 Å². The van der Waals surface area contributed by atoms with E-state index in [1.54, 1.807) is 0 Å². The van der Waals surface area contributed by atoms with Crippen molar-refractivity contribution in [1.82, 2.24) is 0 Å². The summed E-state index contributed by atoms with van der Waals surface area (Å²) in [6.07, 6.45) is 6.91. The van der Waals surface area contributed by atoms with E-state index in [4.69, 9.17) is 4.99 Å². The Hall–Kier alpha value is -4.04. The molecule has 6 rings (SSSR count). The van der Waals surface area contributed by atoms with E-state index in [0.717, 1.165) is 30.7 Å². The van der Waals surface area contributed by atoms with Crippen LogP contribution in [0.5, 0.6) is 0 Å². The predicted octanol–water partition coefficient (Wildman–Crippen LogP) is 7.26. The van der Waals surface area contributed by atoms with Crippen LogP contribution >= 0.6 is 0 Å². The Labute approximate surface area is 207 Å². The highest BCUT2D eigenvalue weighted by atomic mass is 15.0. The fourth-order valence-electron chi connectivity index (χ4n) is 5.82. The zero-order valence-electron chi connectivity index (χ0n) is 19.9. The highest BCUT2D eigenvalue weighted by Gasteiger charge is 2.34. The second-order valence-corrected chi connectivity index (χ2v) is 9.45. The molecule has 4 aromatic rings. The normalized spacial score (nSPS) is 18.9. The Morgan fingerprint density at radius 3 is 2.34 bits per heavy atom. The van der Waals surface area contributed by atoms with Crippen molar-refractivity contribution in [3.8, 4) is 22.4 Å². The molecule has 2 aliphatic rings. The Balaban J connectivity index is 1.56. The van der Waals surface area contributed by atoms with E-state index < -0.39 is 0 Å². The summed E-state index contributed by atoms with van der Waals surface area (Å²) < 4.78 is 2.30. The second-order valence-electron chi connectivity index (χ2n) is 9.45. The van der Waals surface area contributed by atoms with Gasteiger partial charge in [0.05, 0.1) is 29.3 Å². The zero-order chi connectivity index (χ0) is 23.8. The van der Waals surface area contributed by atoms with Crippen molar-refractivity contribution in [2.45, 2.75) is 31.2 Å². The van der Waals surface area contributed by atoms with E-state index in [1.165, 1.54) is 39.1 Å². The number of rotatable bonds is 2. The Morgan fingerprint density at radius 1 is 0.800 bits per heavy atom. The van der Waals surface area contributed by atoms with E-state index >= 15 is 0 Å². The number of aliphatic imine (C=N–C) groups is 1. The van der Waals surface area contributed by atoms with Crippen LogP contribution in [0.15, 0.2) is 121 Å². The standard InChI is InChI=1S/C33H29N2/c1-3-31-29-17-10-9-16-28(29)30-20-19-25-14-7-8-15-26(25)33-27(24-12-5-4-6-13-24)18-11-21-35(33)23(2)22-32(30)34-31/h3-18,21,30,32H,1-2,19-20,22H2/q+1. The van der Waals surface area contributed by atoms with Crippen molar-refractivity contribution in [3.05, 3.63) is 133 Å². The van der Waals surface area contributed by atoms with Crippen LogP contribution in [0.1, 0.15) is 35.4 Å². The van der Waals surface area contributed by atoms with Gasteiger partial charge in [-0.05, 0) is 54.3 Å². The molecule has 2 atom stereocenters. The van der Waals surface area contributed by atoms with Gasteiger partial charge in [0.25, 0.3) is 0 Å². The predicted molar refractivity (Wildman–Crippen MR) is 145 cm³/mol. The van der Waals surface area contributed by atoms with Crippen molar-refractivity contribution in [2.75, 3.05) is 0 Å². The molecule has 2 nitrogen and oxygen atoms in total. The van der Waals surface area contributed by atoms with Gasteiger partial charge < -0.3 is 0 Å². The van der Waals surface area contributed by atoms with Gasteiger partial charge in [0.1, 0.15) is 0 Å². The molecule has 0 bridgehead atoms. The molecule has 35 heavy (non-hydrogen) atoms. The fourth-order valence-corrected chi connectivity index (χ4v) is 5.82. The largest absolute Gasteiger partial charge is 0.280 e. The lowest BCUT2D eigenvalue weighted by molar-refractivity contribution is -0.570.